The van der Waals surface area contributed by atoms with Gasteiger partial charge in [0.05, 0.1) is 19.2 Å². The number of carbonyl (C=O) groups is 2. The molecule has 2 aliphatic heterocycles. The van der Waals surface area contributed by atoms with Crippen LogP contribution in [0.2, 0.25) is 0 Å². The van der Waals surface area contributed by atoms with E-state index in [4.69, 9.17) is 9.15 Å². The van der Waals surface area contributed by atoms with Crippen molar-refractivity contribution in [1.29, 1.82) is 0 Å². The third kappa shape index (κ3) is 3.40. The number of hydrogen-bond acceptors (Lipinski definition) is 4. The molecule has 2 saturated heterocycles. The van der Waals surface area contributed by atoms with Crippen LogP contribution >= 0.6 is 0 Å². The Hall–Kier alpha value is -2.50. The minimum Gasteiger partial charge on any atom is -0.464 e. The van der Waals surface area contributed by atoms with Crippen LogP contribution in [0.4, 0.5) is 4.79 Å². The number of aryl methyl sites for hydroxylation is 1. The first-order valence-corrected chi connectivity index (χ1v) is 9.70. The van der Waals surface area contributed by atoms with E-state index < -0.39 is 5.60 Å². The fraction of sp³-hybridized carbons (Fsp3) is 0.524. The van der Waals surface area contributed by atoms with Gasteiger partial charge in [0.25, 0.3) is 0 Å². The number of likely N-dealkylation sites (tertiary alicyclic amines) is 1. The van der Waals surface area contributed by atoms with E-state index >= 15 is 0 Å². The highest BCUT2D eigenvalue weighted by molar-refractivity contribution is 5.88. The largest absolute Gasteiger partial charge is 0.464 e. The van der Waals surface area contributed by atoms with Crippen molar-refractivity contribution in [3.63, 3.8) is 0 Å². The van der Waals surface area contributed by atoms with Crippen molar-refractivity contribution in [2.45, 2.75) is 44.6 Å². The Balaban J connectivity index is 1.45. The lowest BCUT2D eigenvalue weighted by molar-refractivity contribution is -0.130. The van der Waals surface area contributed by atoms with E-state index in [2.05, 4.69) is 19.1 Å². The van der Waals surface area contributed by atoms with Crippen LogP contribution in [0, 0.1) is 0 Å². The number of ether oxygens (including phenoxy) is 1. The van der Waals surface area contributed by atoms with Gasteiger partial charge in [-0.25, -0.2) is 4.79 Å². The number of amides is 2. The summed E-state index contributed by atoms with van der Waals surface area (Å²) in [7, 11) is 1.76. The fourth-order valence-electron chi connectivity index (χ4n) is 4.23. The number of likely N-dealkylation sites (N-methyl/N-ethyl adjacent to an activating group) is 1. The summed E-state index contributed by atoms with van der Waals surface area (Å²) in [5, 5.41) is 1.03. The summed E-state index contributed by atoms with van der Waals surface area (Å²) in [6.45, 7) is 4.06. The summed E-state index contributed by atoms with van der Waals surface area (Å²) >= 11 is 0. The van der Waals surface area contributed by atoms with Crippen molar-refractivity contribution in [2.24, 2.45) is 0 Å². The minimum atomic E-state index is -0.431. The van der Waals surface area contributed by atoms with E-state index in [-0.39, 0.29) is 12.0 Å². The van der Waals surface area contributed by atoms with Crippen molar-refractivity contribution < 1.29 is 18.7 Å². The monoisotopic (exact) mass is 370 g/mol. The van der Waals surface area contributed by atoms with Gasteiger partial charge in [0.2, 0.25) is 5.91 Å². The number of rotatable bonds is 3. The highest BCUT2D eigenvalue weighted by Crippen LogP contribution is 2.33. The van der Waals surface area contributed by atoms with Crippen LogP contribution in [0.3, 0.4) is 0 Å². The van der Waals surface area contributed by atoms with Crippen molar-refractivity contribution >= 4 is 23.0 Å². The molecule has 6 heteroatoms. The van der Waals surface area contributed by atoms with E-state index in [9.17, 15) is 9.59 Å². The Kier molecular flexibility index (Phi) is 4.58. The third-order valence-electron chi connectivity index (χ3n) is 5.86. The van der Waals surface area contributed by atoms with Gasteiger partial charge in [-0.2, -0.15) is 0 Å². The minimum absolute atomic E-state index is 0.106. The van der Waals surface area contributed by atoms with Crippen LogP contribution in [-0.2, 0) is 22.4 Å². The average molecular weight is 370 g/mol. The SMILES string of the molecule is CCc1ccc2occ(CC(=O)N3CCC[C@]4(CC3)CN(C)C(=O)O4)c2c1. The number of fused-ring (bicyclic) bond motifs is 1. The first kappa shape index (κ1) is 17.9. The molecule has 0 radical (unpaired) electrons. The van der Waals surface area contributed by atoms with Gasteiger partial charge >= 0.3 is 6.09 Å². The highest BCUT2D eigenvalue weighted by atomic mass is 16.6. The second-order valence-corrected chi connectivity index (χ2v) is 7.76. The number of benzene rings is 1. The van der Waals surface area contributed by atoms with Crippen LogP contribution < -0.4 is 0 Å². The smallest absolute Gasteiger partial charge is 0.410 e. The summed E-state index contributed by atoms with van der Waals surface area (Å²) in [5.74, 6) is 0.106. The normalized spacial score (nSPS) is 23.1. The molecule has 0 unspecified atom stereocenters. The number of nitrogens with zero attached hydrogens (tertiary/aromatic N) is 2. The second kappa shape index (κ2) is 6.91. The summed E-state index contributed by atoms with van der Waals surface area (Å²) in [5.41, 5.74) is 2.57. The van der Waals surface area contributed by atoms with Crippen molar-refractivity contribution in [2.75, 3.05) is 26.7 Å². The Bertz CT molecular complexity index is 874. The molecule has 0 bridgehead atoms. The lowest BCUT2D eigenvalue weighted by atomic mass is 9.95. The zero-order valence-corrected chi connectivity index (χ0v) is 16.0. The highest BCUT2D eigenvalue weighted by Gasteiger charge is 2.44. The molecule has 0 N–H and O–H groups in total. The van der Waals surface area contributed by atoms with E-state index in [1.807, 2.05) is 11.0 Å². The summed E-state index contributed by atoms with van der Waals surface area (Å²) in [6.07, 6.45) is 5.09. The van der Waals surface area contributed by atoms with Crippen LogP contribution in [0.25, 0.3) is 11.0 Å². The molecule has 1 spiro atoms. The quantitative estimate of drug-likeness (QED) is 0.831. The molecule has 1 atom stereocenters. The maximum Gasteiger partial charge on any atom is 0.410 e. The lowest BCUT2D eigenvalue weighted by Gasteiger charge is -2.25. The van der Waals surface area contributed by atoms with Gasteiger partial charge < -0.3 is 19.0 Å². The molecule has 2 amide bonds. The fourth-order valence-corrected chi connectivity index (χ4v) is 4.23. The Morgan fingerprint density at radius 1 is 1.26 bits per heavy atom. The first-order valence-electron chi connectivity index (χ1n) is 9.70. The van der Waals surface area contributed by atoms with Gasteiger partial charge in [-0.05, 0) is 37.0 Å². The van der Waals surface area contributed by atoms with Gasteiger partial charge in [0, 0.05) is 37.5 Å². The predicted molar refractivity (Wildman–Crippen MR) is 102 cm³/mol. The molecule has 2 aromatic rings. The van der Waals surface area contributed by atoms with Crippen molar-refractivity contribution in [3.05, 3.63) is 35.6 Å². The summed E-state index contributed by atoms with van der Waals surface area (Å²) in [6, 6.07) is 6.15. The van der Waals surface area contributed by atoms with E-state index in [0.29, 0.717) is 32.5 Å². The standard InChI is InChI=1S/C21H26N2O4/c1-3-15-5-6-18-17(11-15)16(13-26-18)12-19(24)23-9-4-7-21(8-10-23)14-22(2)20(25)27-21/h5-6,11,13H,3-4,7-10,12,14H2,1-2H3/t21-/m0/s1. The van der Waals surface area contributed by atoms with Crippen molar-refractivity contribution in [3.8, 4) is 0 Å². The Labute approximate surface area is 159 Å². The topological polar surface area (TPSA) is 63.0 Å². The summed E-state index contributed by atoms with van der Waals surface area (Å²) in [4.78, 5) is 28.2. The lowest BCUT2D eigenvalue weighted by Crippen LogP contribution is -2.37. The molecule has 144 valence electrons. The number of carbonyl (C=O) groups excluding carboxylic acids is 2. The molecule has 6 nitrogen and oxygen atoms in total. The predicted octanol–water partition coefficient (Wildman–Crippen LogP) is 3.37. The van der Waals surface area contributed by atoms with Crippen molar-refractivity contribution in [1.82, 2.24) is 9.80 Å². The van der Waals surface area contributed by atoms with E-state index in [1.54, 1.807) is 18.2 Å². The molecule has 4 rings (SSSR count). The zero-order chi connectivity index (χ0) is 19.0. The van der Waals surface area contributed by atoms with Gasteiger partial charge in [-0.1, -0.05) is 13.0 Å². The molecular weight excluding hydrogens is 344 g/mol. The average Bonchev–Trinajstić information content (AvgIpc) is 3.09. The molecule has 1 aromatic carbocycles. The molecule has 2 fully saturated rings. The Morgan fingerprint density at radius 2 is 2.11 bits per heavy atom. The third-order valence-corrected chi connectivity index (χ3v) is 5.86. The second-order valence-electron chi connectivity index (χ2n) is 7.76. The first-order chi connectivity index (χ1) is 13.0. The van der Waals surface area contributed by atoms with Gasteiger partial charge in [0.15, 0.2) is 0 Å². The van der Waals surface area contributed by atoms with Crippen LogP contribution in [0.1, 0.15) is 37.3 Å². The maximum atomic E-state index is 12.9. The Morgan fingerprint density at radius 3 is 2.85 bits per heavy atom. The molecular formula is C21H26N2O4. The van der Waals surface area contributed by atoms with Crippen LogP contribution in [-0.4, -0.2) is 54.1 Å². The summed E-state index contributed by atoms with van der Waals surface area (Å²) < 4.78 is 11.3. The van der Waals surface area contributed by atoms with Gasteiger partial charge in [-0.15, -0.1) is 0 Å². The number of furan rings is 1. The van der Waals surface area contributed by atoms with E-state index in [1.165, 1.54) is 5.56 Å². The van der Waals surface area contributed by atoms with Crippen LogP contribution in [0.5, 0.6) is 0 Å². The van der Waals surface area contributed by atoms with Gasteiger partial charge in [0.1, 0.15) is 11.2 Å². The van der Waals surface area contributed by atoms with E-state index in [0.717, 1.165) is 35.8 Å². The van der Waals surface area contributed by atoms with Crippen LogP contribution in [0.15, 0.2) is 28.9 Å². The van der Waals surface area contributed by atoms with Gasteiger partial charge in [-0.3, -0.25) is 4.79 Å². The molecule has 1 aromatic heterocycles. The molecule has 0 saturated carbocycles. The molecule has 27 heavy (non-hydrogen) atoms. The molecule has 2 aliphatic rings. The molecule has 0 aliphatic carbocycles. The molecule has 3 heterocycles. The number of hydrogen-bond donors (Lipinski definition) is 0. The zero-order valence-electron chi connectivity index (χ0n) is 16.0. The maximum absolute atomic E-state index is 12.9.